The number of aryl methyl sites for hydroxylation is 1. The molecule has 0 radical (unpaired) electrons. The molecular weight excluding hydrogens is 284 g/mol. The standard InChI is InChI=1S/C19H20N4/c1-16-8-9-19(22-12-16)15-23(13-17-6-2-4-10-20-17)14-18-7-3-5-11-21-18/h2-12H,13-15H2,1H3. The van der Waals surface area contributed by atoms with E-state index in [-0.39, 0.29) is 0 Å². The zero-order chi connectivity index (χ0) is 15.9. The third-order valence-corrected chi connectivity index (χ3v) is 3.58. The van der Waals surface area contributed by atoms with Gasteiger partial charge in [-0.2, -0.15) is 0 Å². The smallest absolute Gasteiger partial charge is 0.0544 e. The van der Waals surface area contributed by atoms with E-state index in [1.807, 2.05) is 55.0 Å². The van der Waals surface area contributed by atoms with Crippen molar-refractivity contribution in [2.75, 3.05) is 0 Å². The van der Waals surface area contributed by atoms with Gasteiger partial charge in [-0.25, -0.2) is 0 Å². The second-order valence-corrected chi connectivity index (χ2v) is 5.61. The summed E-state index contributed by atoms with van der Waals surface area (Å²) < 4.78 is 0. The highest BCUT2D eigenvalue weighted by Crippen LogP contribution is 2.11. The highest BCUT2D eigenvalue weighted by molar-refractivity contribution is 5.13. The van der Waals surface area contributed by atoms with E-state index in [9.17, 15) is 0 Å². The van der Waals surface area contributed by atoms with Gasteiger partial charge in [0.1, 0.15) is 0 Å². The van der Waals surface area contributed by atoms with Crippen LogP contribution in [0, 0.1) is 6.92 Å². The average molecular weight is 304 g/mol. The molecular formula is C19H20N4. The Kier molecular flexibility index (Phi) is 5.06. The molecule has 116 valence electrons. The van der Waals surface area contributed by atoms with Crippen LogP contribution in [-0.2, 0) is 19.6 Å². The largest absolute Gasteiger partial charge is 0.286 e. The summed E-state index contributed by atoms with van der Waals surface area (Å²) in [7, 11) is 0. The summed E-state index contributed by atoms with van der Waals surface area (Å²) in [5.41, 5.74) is 4.34. The van der Waals surface area contributed by atoms with E-state index < -0.39 is 0 Å². The summed E-state index contributed by atoms with van der Waals surface area (Å²) in [5.74, 6) is 0. The Balaban J connectivity index is 1.76. The lowest BCUT2D eigenvalue weighted by Gasteiger charge is -2.21. The van der Waals surface area contributed by atoms with Crippen LogP contribution in [0.25, 0.3) is 0 Å². The summed E-state index contributed by atoms with van der Waals surface area (Å²) in [6.45, 7) is 4.36. The van der Waals surface area contributed by atoms with Crippen LogP contribution in [0.3, 0.4) is 0 Å². The van der Waals surface area contributed by atoms with Gasteiger partial charge >= 0.3 is 0 Å². The van der Waals surface area contributed by atoms with Crippen molar-refractivity contribution in [2.24, 2.45) is 0 Å². The van der Waals surface area contributed by atoms with E-state index in [4.69, 9.17) is 0 Å². The lowest BCUT2D eigenvalue weighted by Crippen LogP contribution is -2.24. The van der Waals surface area contributed by atoms with Crippen molar-refractivity contribution < 1.29 is 0 Å². The number of hydrogen-bond donors (Lipinski definition) is 0. The van der Waals surface area contributed by atoms with Crippen LogP contribution in [0.1, 0.15) is 22.6 Å². The quantitative estimate of drug-likeness (QED) is 0.700. The van der Waals surface area contributed by atoms with E-state index in [0.29, 0.717) is 0 Å². The van der Waals surface area contributed by atoms with E-state index in [0.717, 1.165) is 36.7 Å². The van der Waals surface area contributed by atoms with Crippen LogP contribution in [-0.4, -0.2) is 19.9 Å². The summed E-state index contributed by atoms with van der Waals surface area (Å²) in [6.07, 6.45) is 5.58. The van der Waals surface area contributed by atoms with Gasteiger partial charge in [0.25, 0.3) is 0 Å². The Hall–Kier alpha value is -2.59. The molecule has 0 aromatic carbocycles. The normalized spacial score (nSPS) is 10.9. The first-order chi connectivity index (χ1) is 11.3. The van der Waals surface area contributed by atoms with Crippen molar-refractivity contribution in [1.82, 2.24) is 19.9 Å². The molecule has 3 aromatic rings. The molecule has 0 amide bonds. The molecule has 4 heteroatoms. The fourth-order valence-electron chi connectivity index (χ4n) is 2.43. The maximum Gasteiger partial charge on any atom is 0.0544 e. The van der Waals surface area contributed by atoms with E-state index in [2.05, 4.69) is 38.9 Å². The van der Waals surface area contributed by atoms with Crippen molar-refractivity contribution in [3.05, 3.63) is 89.8 Å². The van der Waals surface area contributed by atoms with Crippen molar-refractivity contribution in [3.8, 4) is 0 Å². The Bertz CT molecular complexity index is 670. The zero-order valence-electron chi connectivity index (χ0n) is 13.3. The fourth-order valence-corrected chi connectivity index (χ4v) is 2.43. The van der Waals surface area contributed by atoms with E-state index >= 15 is 0 Å². The van der Waals surface area contributed by atoms with Gasteiger partial charge in [0, 0.05) is 38.2 Å². The Morgan fingerprint density at radius 2 is 1.26 bits per heavy atom. The van der Waals surface area contributed by atoms with Gasteiger partial charge in [-0.3, -0.25) is 19.9 Å². The summed E-state index contributed by atoms with van der Waals surface area (Å²) >= 11 is 0. The van der Waals surface area contributed by atoms with Crippen LogP contribution in [0.15, 0.2) is 67.1 Å². The second kappa shape index (κ2) is 7.61. The van der Waals surface area contributed by atoms with Crippen molar-refractivity contribution in [2.45, 2.75) is 26.6 Å². The Morgan fingerprint density at radius 1 is 0.696 bits per heavy atom. The molecule has 0 unspecified atom stereocenters. The first-order valence-electron chi connectivity index (χ1n) is 7.73. The van der Waals surface area contributed by atoms with Crippen molar-refractivity contribution in [3.63, 3.8) is 0 Å². The highest BCUT2D eigenvalue weighted by atomic mass is 15.1. The van der Waals surface area contributed by atoms with Gasteiger partial charge in [0.2, 0.25) is 0 Å². The minimum Gasteiger partial charge on any atom is -0.286 e. The van der Waals surface area contributed by atoms with Crippen LogP contribution >= 0.6 is 0 Å². The summed E-state index contributed by atoms with van der Waals surface area (Å²) in [5, 5.41) is 0. The first-order valence-corrected chi connectivity index (χ1v) is 7.73. The third kappa shape index (κ3) is 4.69. The molecule has 0 aliphatic heterocycles. The number of nitrogens with zero attached hydrogens (tertiary/aromatic N) is 4. The number of pyridine rings is 3. The third-order valence-electron chi connectivity index (χ3n) is 3.58. The maximum atomic E-state index is 4.52. The number of rotatable bonds is 6. The molecule has 0 N–H and O–H groups in total. The molecule has 0 saturated heterocycles. The van der Waals surface area contributed by atoms with Crippen LogP contribution in [0.4, 0.5) is 0 Å². The van der Waals surface area contributed by atoms with Crippen LogP contribution in [0.5, 0.6) is 0 Å². The number of aromatic nitrogens is 3. The van der Waals surface area contributed by atoms with Gasteiger partial charge < -0.3 is 0 Å². The van der Waals surface area contributed by atoms with Crippen LogP contribution < -0.4 is 0 Å². The molecule has 3 heterocycles. The van der Waals surface area contributed by atoms with E-state index in [1.54, 1.807) is 0 Å². The van der Waals surface area contributed by atoms with Gasteiger partial charge in [-0.1, -0.05) is 18.2 Å². The van der Waals surface area contributed by atoms with Gasteiger partial charge in [-0.05, 0) is 42.8 Å². The number of hydrogen-bond acceptors (Lipinski definition) is 4. The average Bonchev–Trinajstić information content (AvgIpc) is 2.59. The van der Waals surface area contributed by atoms with Gasteiger partial charge in [-0.15, -0.1) is 0 Å². The molecule has 0 aliphatic rings. The molecule has 0 spiro atoms. The van der Waals surface area contributed by atoms with Crippen molar-refractivity contribution in [1.29, 1.82) is 0 Å². The fraction of sp³-hybridized carbons (Fsp3) is 0.211. The molecule has 0 fully saturated rings. The molecule has 0 saturated carbocycles. The molecule has 3 rings (SSSR count). The lowest BCUT2D eigenvalue weighted by molar-refractivity contribution is 0.239. The molecule has 0 aliphatic carbocycles. The summed E-state index contributed by atoms with van der Waals surface area (Å²) in [4.78, 5) is 15.7. The van der Waals surface area contributed by atoms with Gasteiger partial charge in [0.15, 0.2) is 0 Å². The maximum absolute atomic E-state index is 4.52. The SMILES string of the molecule is Cc1ccc(CN(Cc2ccccn2)Cc2ccccn2)nc1. The second-order valence-electron chi connectivity index (χ2n) is 5.61. The topological polar surface area (TPSA) is 41.9 Å². The minimum absolute atomic E-state index is 0.771. The molecule has 0 bridgehead atoms. The molecule has 4 nitrogen and oxygen atoms in total. The Morgan fingerprint density at radius 3 is 1.70 bits per heavy atom. The van der Waals surface area contributed by atoms with Crippen LogP contribution in [0.2, 0.25) is 0 Å². The minimum atomic E-state index is 0.771. The Labute approximate surface area is 136 Å². The first kappa shape index (κ1) is 15.3. The van der Waals surface area contributed by atoms with Crippen molar-refractivity contribution >= 4 is 0 Å². The predicted molar refractivity (Wildman–Crippen MR) is 90.4 cm³/mol. The van der Waals surface area contributed by atoms with Gasteiger partial charge in [0.05, 0.1) is 17.1 Å². The van der Waals surface area contributed by atoms with E-state index in [1.165, 1.54) is 5.56 Å². The lowest BCUT2D eigenvalue weighted by atomic mass is 10.2. The molecule has 0 atom stereocenters. The predicted octanol–water partition coefficient (Wildman–Crippen LogP) is 3.38. The summed E-state index contributed by atoms with van der Waals surface area (Å²) in [6, 6.07) is 16.2. The zero-order valence-corrected chi connectivity index (χ0v) is 13.3. The molecule has 3 aromatic heterocycles. The highest BCUT2D eigenvalue weighted by Gasteiger charge is 2.10. The molecule has 23 heavy (non-hydrogen) atoms. The monoisotopic (exact) mass is 304 g/mol.